The second-order valence-electron chi connectivity index (χ2n) is 5.10. The van der Waals surface area contributed by atoms with E-state index in [1.54, 1.807) is 18.2 Å². The molecule has 0 saturated carbocycles. The molecule has 4 nitrogen and oxygen atoms in total. The Morgan fingerprint density at radius 3 is 2.73 bits per heavy atom. The van der Waals surface area contributed by atoms with E-state index in [1.165, 1.54) is 18.0 Å². The van der Waals surface area contributed by atoms with Crippen LogP contribution in [0.3, 0.4) is 0 Å². The summed E-state index contributed by atoms with van der Waals surface area (Å²) in [5.41, 5.74) is 1.99. The standard InChI is InChI=1S/C17H20N2O2S/c1-3-13(2)14-8-4-5-9-15(14)18-16(20)12-22-17-10-6-7-11-19(17)21/h4-11,13H,3,12H2,1-2H3,(H,18,20)/t13-/m1/s1. The molecular formula is C17H20N2O2S. The lowest BCUT2D eigenvalue weighted by Crippen LogP contribution is -2.28. The highest BCUT2D eigenvalue weighted by molar-refractivity contribution is 7.99. The summed E-state index contributed by atoms with van der Waals surface area (Å²) in [5, 5.41) is 15.0. The van der Waals surface area contributed by atoms with Crippen LogP contribution in [0.15, 0.2) is 53.7 Å². The van der Waals surface area contributed by atoms with Crippen LogP contribution in [0.5, 0.6) is 0 Å². The van der Waals surface area contributed by atoms with Gasteiger partial charge in [0, 0.05) is 17.8 Å². The monoisotopic (exact) mass is 316 g/mol. The molecule has 22 heavy (non-hydrogen) atoms. The van der Waals surface area contributed by atoms with E-state index in [0.29, 0.717) is 10.9 Å². The van der Waals surface area contributed by atoms with E-state index < -0.39 is 0 Å². The number of amides is 1. The van der Waals surface area contributed by atoms with Crippen LogP contribution in [0.1, 0.15) is 31.7 Å². The van der Waals surface area contributed by atoms with E-state index in [4.69, 9.17) is 0 Å². The Kier molecular flexibility index (Phi) is 5.83. The fraction of sp³-hybridized carbons (Fsp3) is 0.294. The summed E-state index contributed by atoms with van der Waals surface area (Å²) < 4.78 is 0.769. The van der Waals surface area contributed by atoms with Gasteiger partial charge in [-0.2, -0.15) is 4.73 Å². The Bertz CT molecular complexity index is 646. The van der Waals surface area contributed by atoms with Gasteiger partial charge in [0.1, 0.15) is 0 Å². The van der Waals surface area contributed by atoms with Crippen molar-refractivity contribution in [3.63, 3.8) is 0 Å². The first-order chi connectivity index (χ1) is 10.6. The molecule has 0 aliphatic heterocycles. The third-order valence-corrected chi connectivity index (χ3v) is 4.54. The lowest BCUT2D eigenvalue weighted by atomic mass is 9.97. The number of carbonyl (C=O) groups is 1. The number of anilines is 1. The van der Waals surface area contributed by atoms with Gasteiger partial charge in [0.05, 0.1) is 5.75 Å². The third kappa shape index (κ3) is 4.24. The molecule has 1 N–H and O–H groups in total. The summed E-state index contributed by atoms with van der Waals surface area (Å²) in [6.45, 7) is 4.27. The molecule has 0 unspecified atom stereocenters. The van der Waals surface area contributed by atoms with Gasteiger partial charge >= 0.3 is 0 Å². The van der Waals surface area contributed by atoms with Crippen LogP contribution >= 0.6 is 11.8 Å². The molecule has 0 saturated heterocycles. The fourth-order valence-electron chi connectivity index (χ4n) is 2.11. The van der Waals surface area contributed by atoms with Crippen molar-refractivity contribution in [2.24, 2.45) is 0 Å². The molecule has 1 aromatic heterocycles. The molecule has 5 heteroatoms. The van der Waals surface area contributed by atoms with Crippen LogP contribution < -0.4 is 10.0 Å². The number of pyridine rings is 1. The normalized spacial score (nSPS) is 11.9. The number of thioether (sulfide) groups is 1. The minimum absolute atomic E-state index is 0.107. The largest absolute Gasteiger partial charge is 0.618 e. The number of hydrogen-bond acceptors (Lipinski definition) is 3. The predicted octanol–water partition coefficient (Wildman–Crippen LogP) is 3.56. The molecule has 2 aromatic rings. The summed E-state index contributed by atoms with van der Waals surface area (Å²) in [4.78, 5) is 12.1. The van der Waals surface area contributed by atoms with Crippen molar-refractivity contribution in [2.75, 3.05) is 11.1 Å². The number of hydrogen-bond donors (Lipinski definition) is 1. The zero-order valence-electron chi connectivity index (χ0n) is 12.8. The topological polar surface area (TPSA) is 56.0 Å². The van der Waals surface area contributed by atoms with Crippen molar-refractivity contribution < 1.29 is 9.52 Å². The fourth-order valence-corrected chi connectivity index (χ4v) is 2.82. The van der Waals surface area contributed by atoms with Gasteiger partial charge in [-0.15, -0.1) is 0 Å². The number of aromatic nitrogens is 1. The Balaban J connectivity index is 1.99. The molecule has 0 bridgehead atoms. The zero-order valence-corrected chi connectivity index (χ0v) is 13.6. The molecule has 0 aliphatic carbocycles. The van der Waals surface area contributed by atoms with E-state index in [2.05, 4.69) is 19.2 Å². The molecular weight excluding hydrogens is 296 g/mol. The number of benzene rings is 1. The van der Waals surface area contributed by atoms with Gasteiger partial charge in [0.2, 0.25) is 5.91 Å². The Morgan fingerprint density at radius 1 is 1.27 bits per heavy atom. The van der Waals surface area contributed by atoms with Crippen LogP contribution in [0.25, 0.3) is 0 Å². The highest BCUT2D eigenvalue weighted by atomic mass is 32.2. The molecule has 1 aromatic carbocycles. The molecule has 1 amide bonds. The quantitative estimate of drug-likeness (QED) is 0.503. The van der Waals surface area contributed by atoms with E-state index in [-0.39, 0.29) is 11.7 Å². The Morgan fingerprint density at radius 2 is 2.00 bits per heavy atom. The van der Waals surface area contributed by atoms with Gasteiger partial charge in [-0.25, -0.2) is 0 Å². The SMILES string of the molecule is CC[C@@H](C)c1ccccc1NC(=O)CSc1cccc[n+]1[O-]. The van der Waals surface area contributed by atoms with E-state index in [1.807, 2.05) is 24.3 Å². The highest BCUT2D eigenvalue weighted by Gasteiger charge is 2.13. The third-order valence-electron chi connectivity index (χ3n) is 3.52. The van der Waals surface area contributed by atoms with Crippen LogP contribution in [0, 0.1) is 5.21 Å². The molecule has 0 aliphatic rings. The average Bonchev–Trinajstić information content (AvgIpc) is 2.54. The Labute approximate surface area is 135 Å². The molecule has 116 valence electrons. The summed E-state index contributed by atoms with van der Waals surface area (Å²) in [6.07, 6.45) is 2.44. The molecule has 0 fully saturated rings. The van der Waals surface area contributed by atoms with Crippen molar-refractivity contribution in [1.29, 1.82) is 0 Å². The lowest BCUT2D eigenvalue weighted by molar-refractivity contribution is -0.645. The van der Waals surface area contributed by atoms with Gasteiger partial charge in [-0.05, 0) is 41.8 Å². The van der Waals surface area contributed by atoms with E-state index in [9.17, 15) is 10.0 Å². The summed E-state index contributed by atoms with van der Waals surface area (Å²) in [7, 11) is 0. The number of carbonyl (C=O) groups excluding carboxylic acids is 1. The number of nitrogens with one attached hydrogen (secondary N) is 1. The maximum absolute atomic E-state index is 12.1. The lowest BCUT2D eigenvalue weighted by Gasteiger charge is -2.15. The van der Waals surface area contributed by atoms with Crippen LogP contribution in [0.4, 0.5) is 5.69 Å². The highest BCUT2D eigenvalue weighted by Crippen LogP contribution is 2.26. The molecule has 2 rings (SSSR count). The van der Waals surface area contributed by atoms with Crippen molar-refractivity contribution in [1.82, 2.24) is 0 Å². The summed E-state index contributed by atoms with van der Waals surface area (Å²) in [6, 6.07) is 13.0. The summed E-state index contributed by atoms with van der Waals surface area (Å²) >= 11 is 1.23. The smallest absolute Gasteiger partial charge is 0.251 e. The molecule has 1 heterocycles. The van der Waals surface area contributed by atoms with Crippen LogP contribution in [-0.2, 0) is 4.79 Å². The minimum Gasteiger partial charge on any atom is -0.618 e. The first-order valence-electron chi connectivity index (χ1n) is 7.31. The first kappa shape index (κ1) is 16.4. The summed E-state index contributed by atoms with van der Waals surface area (Å²) in [5.74, 6) is 0.493. The van der Waals surface area contributed by atoms with Crippen molar-refractivity contribution in [3.05, 3.63) is 59.4 Å². The van der Waals surface area contributed by atoms with Gasteiger partial charge < -0.3 is 10.5 Å². The number of para-hydroxylation sites is 1. The van der Waals surface area contributed by atoms with Gasteiger partial charge in [-0.3, -0.25) is 4.79 Å². The van der Waals surface area contributed by atoms with E-state index >= 15 is 0 Å². The van der Waals surface area contributed by atoms with E-state index in [0.717, 1.165) is 22.4 Å². The first-order valence-corrected chi connectivity index (χ1v) is 8.30. The van der Waals surface area contributed by atoms with Crippen LogP contribution in [0.2, 0.25) is 0 Å². The number of rotatable bonds is 6. The zero-order chi connectivity index (χ0) is 15.9. The van der Waals surface area contributed by atoms with Crippen molar-refractivity contribution in [2.45, 2.75) is 31.2 Å². The molecule has 0 spiro atoms. The Hall–Kier alpha value is -2.01. The average molecular weight is 316 g/mol. The maximum atomic E-state index is 12.1. The van der Waals surface area contributed by atoms with Gasteiger partial charge in [-0.1, -0.05) is 32.0 Å². The number of nitrogens with zero attached hydrogens (tertiary/aromatic N) is 1. The second kappa shape index (κ2) is 7.84. The molecule has 0 radical (unpaired) electrons. The minimum atomic E-state index is -0.107. The predicted molar refractivity (Wildman–Crippen MR) is 89.9 cm³/mol. The van der Waals surface area contributed by atoms with Crippen molar-refractivity contribution in [3.8, 4) is 0 Å². The maximum Gasteiger partial charge on any atom is 0.251 e. The van der Waals surface area contributed by atoms with Crippen LogP contribution in [-0.4, -0.2) is 11.7 Å². The van der Waals surface area contributed by atoms with Gasteiger partial charge in [0.25, 0.3) is 5.03 Å². The second-order valence-corrected chi connectivity index (χ2v) is 6.09. The van der Waals surface area contributed by atoms with Gasteiger partial charge in [0.15, 0.2) is 6.20 Å². The molecule has 1 atom stereocenters. The van der Waals surface area contributed by atoms with Crippen molar-refractivity contribution >= 4 is 23.4 Å².